The third-order valence-electron chi connectivity index (χ3n) is 3.99. The first-order valence-electron chi connectivity index (χ1n) is 6.80. The predicted molar refractivity (Wildman–Crippen MR) is 69.4 cm³/mol. The lowest BCUT2D eigenvalue weighted by Crippen LogP contribution is -2.45. The van der Waals surface area contributed by atoms with E-state index in [0.717, 1.165) is 25.6 Å². The Morgan fingerprint density at radius 3 is 2.56 bits per heavy atom. The third kappa shape index (κ3) is 3.74. The molecule has 3 unspecified atom stereocenters. The maximum absolute atomic E-state index is 6.30. The van der Waals surface area contributed by atoms with Crippen LogP contribution in [0.25, 0.3) is 0 Å². The lowest BCUT2D eigenvalue weighted by atomic mass is 9.67. The molecule has 0 bridgehead atoms. The van der Waals surface area contributed by atoms with E-state index in [2.05, 4.69) is 27.7 Å². The van der Waals surface area contributed by atoms with Gasteiger partial charge in [0, 0.05) is 12.6 Å². The minimum atomic E-state index is 0.231. The van der Waals surface area contributed by atoms with E-state index in [9.17, 15) is 0 Å². The zero-order valence-corrected chi connectivity index (χ0v) is 11.5. The molecule has 0 radical (unpaired) electrons. The first-order chi connectivity index (χ1) is 7.47. The van der Waals surface area contributed by atoms with Crippen LogP contribution in [0, 0.1) is 17.3 Å². The van der Waals surface area contributed by atoms with Crippen LogP contribution >= 0.6 is 0 Å². The number of ether oxygens (including phenoxy) is 1. The second kappa shape index (κ2) is 6.02. The van der Waals surface area contributed by atoms with Gasteiger partial charge in [-0.25, -0.2) is 0 Å². The quantitative estimate of drug-likeness (QED) is 0.732. The molecule has 0 spiro atoms. The largest absolute Gasteiger partial charge is 0.381 e. The minimum absolute atomic E-state index is 0.231. The fourth-order valence-corrected chi connectivity index (χ4v) is 2.98. The van der Waals surface area contributed by atoms with E-state index in [1.807, 2.05) is 0 Å². The molecule has 3 atom stereocenters. The SMILES string of the molecule is CCCOCC(C)(C)C1CCC(C)CC1N. The maximum atomic E-state index is 6.30. The zero-order valence-electron chi connectivity index (χ0n) is 11.5. The highest BCUT2D eigenvalue weighted by atomic mass is 16.5. The highest BCUT2D eigenvalue weighted by Gasteiger charge is 2.37. The van der Waals surface area contributed by atoms with Gasteiger partial charge in [-0.1, -0.05) is 34.1 Å². The summed E-state index contributed by atoms with van der Waals surface area (Å²) in [5.41, 5.74) is 6.54. The van der Waals surface area contributed by atoms with Gasteiger partial charge in [-0.3, -0.25) is 0 Å². The molecule has 1 saturated carbocycles. The molecule has 0 aromatic heterocycles. The minimum Gasteiger partial charge on any atom is -0.381 e. The summed E-state index contributed by atoms with van der Waals surface area (Å²) in [5.74, 6) is 1.43. The molecule has 2 nitrogen and oxygen atoms in total. The van der Waals surface area contributed by atoms with Crippen molar-refractivity contribution < 1.29 is 4.74 Å². The summed E-state index contributed by atoms with van der Waals surface area (Å²) in [5, 5.41) is 0. The molecule has 16 heavy (non-hydrogen) atoms. The van der Waals surface area contributed by atoms with Gasteiger partial charge in [0.25, 0.3) is 0 Å². The molecule has 2 heteroatoms. The Morgan fingerprint density at radius 2 is 2.00 bits per heavy atom. The highest BCUT2D eigenvalue weighted by molar-refractivity contribution is 4.90. The molecule has 1 rings (SSSR count). The van der Waals surface area contributed by atoms with Crippen LogP contribution in [-0.4, -0.2) is 19.3 Å². The number of rotatable bonds is 5. The molecule has 0 aliphatic heterocycles. The summed E-state index contributed by atoms with van der Waals surface area (Å²) in [6.07, 6.45) is 4.88. The second-order valence-electron chi connectivity index (χ2n) is 6.23. The van der Waals surface area contributed by atoms with Gasteiger partial charge in [0.1, 0.15) is 0 Å². The highest BCUT2D eigenvalue weighted by Crippen LogP contribution is 2.39. The van der Waals surface area contributed by atoms with Crippen molar-refractivity contribution >= 4 is 0 Å². The summed E-state index contributed by atoms with van der Waals surface area (Å²) in [4.78, 5) is 0. The Hall–Kier alpha value is -0.0800. The lowest BCUT2D eigenvalue weighted by Gasteiger charge is -2.42. The first kappa shape index (κ1) is 14.0. The van der Waals surface area contributed by atoms with E-state index >= 15 is 0 Å². The summed E-state index contributed by atoms with van der Waals surface area (Å²) in [6.45, 7) is 10.8. The molecule has 0 saturated heterocycles. The van der Waals surface area contributed by atoms with E-state index < -0.39 is 0 Å². The molecular weight excluding hydrogens is 198 g/mol. The van der Waals surface area contributed by atoms with E-state index in [1.54, 1.807) is 0 Å². The summed E-state index contributed by atoms with van der Waals surface area (Å²) < 4.78 is 5.72. The Labute approximate surface area is 101 Å². The number of hydrogen-bond donors (Lipinski definition) is 1. The summed E-state index contributed by atoms with van der Waals surface area (Å²) in [6, 6.07) is 0.365. The molecule has 2 N–H and O–H groups in total. The van der Waals surface area contributed by atoms with E-state index in [4.69, 9.17) is 10.5 Å². The van der Waals surface area contributed by atoms with Crippen LogP contribution in [0.15, 0.2) is 0 Å². The van der Waals surface area contributed by atoms with Gasteiger partial charge >= 0.3 is 0 Å². The van der Waals surface area contributed by atoms with Crippen molar-refractivity contribution in [2.75, 3.05) is 13.2 Å². The first-order valence-corrected chi connectivity index (χ1v) is 6.80. The maximum Gasteiger partial charge on any atom is 0.0520 e. The van der Waals surface area contributed by atoms with Gasteiger partial charge in [0.15, 0.2) is 0 Å². The monoisotopic (exact) mass is 227 g/mol. The van der Waals surface area contributed by atoms with Crippen molar-refractivity contribution in [3.8, 4) is 0 Å². The zero-order chi connectivity index (χ0) is 12.2. The average molecular weight is 227 g/mol. The van der Waals surface area contributed by atoms with Crippen molar-refractivity contribution in [2.24, 2.45) is 23.0 Å². The van der Waals surface area contributed by atoms with Crippen LogP contribution in [-0.2, 0) is 4.74 Å². The van der Waals surface area contributed by atoms with Crippen LogP contribution in [0.4, 0.5) is 0 Å². The average Bonchev–Trinajstić information content (AvgIpc) is 2.17. The predicted octanol–water partition coefficient (Wildman–Crippen LogP) is 3.20. The van der Waals surface area contributed by atoms with Gasteiger partial charge in [0.2, 0.25) is 0 Å². The van der Waals surface area contributed by atoms with E-state index in [-0.39, 0.29) is 5.41 Å². The molecule has 1 aliphatic carbocycles. The van der Waals surface area contributed by atoms with Crippen molar-refractivity contribution in [3.63, 3.8) is 0 Å². The van der Waals surface area contributed by atoms with Crippen LogP contribution in [0.2, 0.25) is 0 Å². The van der Waals surface area contributed by atoms with Gasteiger partial charge in [-0.2, -0.15) is 0 Å². The molecule has 96 valence electrons. The summed E-state index contributed by atoms with van der Waals surface area (Å²) >= 11 is 0. The molecule has 0 amide bonds. The Morgan fingerprint density at radius 1 is 1.31 bits per heavy atom. The van der Waals surface area contributed by atoms with Gasteiger partial charge in [-0.15, -0.1) is 0 Å². The van der Waals surface area contributed by atoms with Gasteiger partial charge in [0.05, 0.1) is 6.61 Å². The van der Waals surface area contributed by atoms with Gasteiger partial charge < -0.3 is 10.5 Å². The topological polar surface area (TPSA) is 35.2 Å². The van der Waals surface area contributed by atoms with Crippen LogP contribution in [0.5, 0.6) is 0 Å². The smallest absolute Gasteiger partial charge is 0.0520 e. The third-order valence-corrected chi connectivity index (χ3v) is 3.99. The van der Waals surface area contributed by atoms with E-state index in [0.29, 0.717) is 12.0 Å². The molecule has 1 fully saturated rings. The fourth-order valence-electron chi connectivity index (χ4n) is 2.98. The van der Waals surface area contributed by atoms with Crippen LogP contribution in [0.3, 0.4) is 0 Å². The number of hydrogen-bond acceptors (Lipinski definition) is 2. The van der Waals surface area contributed by atoms with Crippen molar-refractivity contribution in [3.05, 3.63) is 0 Å². The van der Waals surface area contributed by atoms with Crippen molar-refractivity contribution in [1.29, 1.82) is 0 Å². The molecule has 0 heterocycles. The van der Waals surface area contributed by atoms with Gasteiger partial charge in [-0.05, 0) is 36.5 Å². The molecular formula is C14H29NO. The fraction of sp³-hybridized carbons (Fsp3) is 1.00. The summed E-state index contributed by atoms with van der Waals surface area (Å²) in [7, 11) is 0. The van der Waals surface area contributed by atoms with Crippen LogP contribution < -0.4 is 5.73 Å². The molecule has 0 aromatic carbocycles. The normalized spacial score (nSPS) is 31.7. The molecule has 0 aromatic rings. The van der Waals surface area contributed by atoms with Crippen LogP contribution in [0.1, 0.15) is 53.4 Å². The Kier molecular flexibility index (Phi) is 5.26. The molecule has 1 aliphatic rings. The lowest BCUT2D eigenvalue weighted by molar-refractivity contribution is 0.00507. The Balaban J connectivity index is 2.47. The second-order valence-corrected chi connectivity index (χ2v) is 6.23. The van der Waals surface area contributed by atoms with Crippen molar-refractivity contribution in [1.82, 2.24) is 0 Å². The number of nitrogens with two attached hydrogens (primary N) is 1. The Bertz CT molecular complexity index is 203. The van der Waals surface area contributed by atoms with E-state index in [1.165, 1.54) is 19.3 Å². The van der Waals surface area contributed by atoms with Crippen molar-refractivity contribution in [2.45, 2.75) is 59.4 Å². The standard InChI is InChI=1S/C14H29NO/c1-5-8-16-10-14(3,4)12-7-6-11(2)9-13(12)15/h11-13H,5-10,15H2,1-4H3.